The van der Waals surface area contributed by atoms with Crippen molar-refractivity contribution in [2.45, 2.75) is 84.5 Å². The van der Waals surface area contributed by atoms with E-state index in [4.69, 9.17) is 0 Å². The number of ketones is 3. The van der Waals surface area contributed by atoms with Gasteiger partial charge in [-0.3, -0.25) is 19.3 Å². The van der Waals surface area contributed by atoms with Gasteiger partial charge in [0.15, 0.2) is 17.2 Å². The summed E-state index contributed by atoms with van der Waals surface area (Å²) in [6, 6.07) is 3.28. The van der Waals surface area contributed by atoms with Gasteiger partial charge in [0.1, 0.15) is 22.8 Å². The van der Waals surface area contributed by atoms with Gasteiger partial charge < -0.3 is 25.5 Å². The van der Waals surface area contributed by atoms with E-state index < -0.39 is 75.4 Å². The first-order valence-electron chi connectivity index (χ1n) is 14.0. The zero-order chi connectivity index (χ0) is 30.5. The molecule has 4 rings (SSSR count). The molecule has 1 saturated carbocycles. The first-order chi connectivity index (χ1) is 18.6. The average Bonchev–Trinajstić information content (AvgIpc) is 2.87. The molecule has 0 heterocycles. The zero-order valence-corrected chi connectivity index (χ0v) is 24.6. The van der Waals surface area contributed by atoms with E-state index in [9.17, 15) is 39.9 Å². The molecule has 0 aromatic heterocycles. The van der Waals surface area contributed by atoms with Crippen LogP contribution in [0.25, 0.3) is 5.76 Å². The predicted octanol–water partition coefficient (Wildman–Crippen LogP) is 3.82. The molecule has 0 saturated heterocycles. The molecule has 220 valence electrons. The zero-order valence-electron chi connectivity index (χ0n) is 24.6. The first kappa shape index (κ1) is 31.5. The van der Waals surface area contributed by atoms with E-state index in [-0.39, 0.29) is 23.3 Å². The first-order valence-corrected chi connectivity index (χ1v) is 14.0. The second-order valence-corrected chi connectivity index (χ2v) is 11.9. The van der Waals surface area contributed by atoms with Crippen LogP contribution in [0, 0.1) is 17.3 Å². The molecule has 1 aromatic carbocycles. The lowest BCUT2D eigenvalue weighted by Gasteiger charge is -2.54. The number of phenols is 1. The van der Waals surface area contributed by atoms with Crippen LogP contribution in [0.5, 0.6) is 5.75 Å². The molecule has 9 heteroatoms. The van der Waals surface area contributed by atoms with Crippen LogP contribution in [0.3, 0.4) is 0 Å². The summed E-state index contributed by atoms with van der Waals surface area (Å²) in [5, 5.41) is 56.6. The number of aromatic hydroxyl groups is 1. The Labute approximate surface area is 235 Å². The highest BCUT2D eigenvalue weighted by atomic mass is 16.4. The van der Waals surface area contributed by atoms with Gasteiger partial charge >= 0.3 is 0 Å². The molecule has 0 unspecified atom stereocenters. The minimum atomic E-state index is -2.84. The SMILES string of the molecule is CC.CCCC(C)(C)CC(=O)C1=C(O)[C@@]2(O)C(=O)C3=C(O)c4c(O)cccc4[C@H](C)[C@H]3[C@H](O)[C@H]2[C@H](N(C)C)C1=O. The van der Waals surface area contributed by atoms with Crippen molar-refractivity contribution in [2.24, 2.45) is 17.3 Å². The van der Waals surface area contributed by atoms with Crippen LogP contribution >= 0.6 is 0 Å². The molecule has 40 heavy (non-hydrogen) atoms. The summed E-state index contributed by atoms with van der Waals surface area (Å²) in [6.45, 7) is 11.4. The fourth-order valence-electron chi connectivity index (χ4n) is 6.90. The molecular weight excluding hydrogens is 514 g/mol. The van der Waals surface area contributed by atoms with E-state index >= 15 is 0 Å². The molecule has 0 bridgehead atoms. The normalized spacial score (nSPS) is 29.9. The molecule has 1 fully saturated rings. The number of aliphatic hydroxyl groups is 4. The van der Waals surface area contributed by atoms with E-state index in [0.29, 0.717) is 12.0 Å². The lowest BCUT2D eigenvalue weighted by Crippen LogP contribution is -2.70. The van der Waals surface area contributed by atoms with Gasteiger partial charge in [-0.25, -0.2) is 0 Å². The number of phenolic OH excluding ortho intramolecular Hbond substituents is 1. The van der Waals surface area contributed by atoms with Crippen LogP contribution < -0.4 is 0 Å². The third-order valence-electron chi connectivity index (χ3n) is 8.59. The molecule has 0 amide bonds. The second-order valence-electron chi connectivity index (χ2n) is 11.9. The fraction of sp³-hybridized carbons (Fsp3) is 0.581. The number of aliphatic hydroxyl groups excluding tert-OH is 3. The minimum absolute atomic E-state index is 0.00554. The number of carbonyl (C=O) groups excluding carboxylic acids is 3. The average molecular weight is 558 g/mol. The van der Waals surface area contributed by atoms with Gasteiger partial charge in [-0.05, 0) is 43.5 Å². The summed E-state index contributed by atoms with van der Waals surface area (Å²) < 4.78 is 0. The lowest BCUT2D eigenvalue weighted by atomic mass is 9.54. The number of rotatable bonds is 6. The van der Waals surface area contributed by atoms with Gasteiger partial charge in [0.05, 0.1) is 23.6 Å². The lowest BCUT2D eigenvalue weighted by molar-refractivity contribution is -0.169. The Morgan fingerprint density at radius 3 is 2.25 bits per heavy atom. The van der Waals surface area contributed by atoms with Crippen LogP contribution in [-0.4, -0.2) is 79.6 Å². The Morgan fingerprint density at radius 2 is 1.70 bits per heavy atom. The van der Waals surface area contributed by atoms with Crippen LogP contribution in [0.4, 0.5) is 0 Å². The van der Waals surface area contributed by atoms with Crippen molar-refractivity contribution in [3.8, 4) is 5.75 Å². The summed E-state index contributed by atoms with van der Waals surface area (Å²) in [5.41, 5.74) is -3.86. The minimum Gasteiger partial charge on any atom is -0.508 e. The molecule has 0 radical (unpaired) electrons. The molecule has 5 N–H and O–H groups in total. The van der Waals surface area contributed by atoms with Gasteiger partial charge in [-0.1, -0.05) is 60.1 Å². The second kappa shape index (κ2) is 11.1. The van der Waals surface area contributed by atoms with E-state index in [2.05, 4.69) is 0 Å². The molecule has 3 aliphatic rings. The molecule has 3 aliphatic carbocycles. The number of nitrogens with zero attached hydrogens (tertiary/aromatic N) is 1. The standard InChI is InChI=1S/C29H37NO8.C2H6/c1-7-11-28(3,4)12-16(32)19-25(35)22(30(5)6)21-24(34)17-13(2)14-9-8-10-15(31)18(14)23(33)20(17)27(37)29(21,38)26(19)36;1-2/h8-10,13,17,21-22,24,31,33-34,36,38H,7,11-12H2,1-6H3;1-2H3/t13-,17+,21+,22-,24-,29+;/m0./s1. The Bertz CT molecular complexity index is 1280. The third-order valence-corrected chi connectivity index (χ3v) is 8.59. The summed E-state index contributed by atoms with van der Waals surface area (Å²) in [6.07, 6.45) is -0.200. The Balaban J connectivity index is 0.00000216. The molecule has 1 aromatic rings. The maximum Gasteiger partial charge on any atom is 0.202 e. The highest BCUT2D eigenvalue weighted by molar-refractivity contribution is 6.25. The van der Waals surface area contributed by atoms with Gasteiger partial charge in [0.25, 0.3) is 0 Å². The van der Waals surface area contributed by atoms with Gasteiger partial charge in [-0.2, -0.15) is 0 Å². The predicted molar refractivity (Wildman–Crippen MR) is 151 cm³/mol. The largest absolute Gasteiger partial charge is 0.508 e. The van der Waals surface area contributed by atoms with E-state index in [1.54, 1.807) is 19.1 Å². The molecule has 9 nitrogen and oxygen atoms in total. The van der Waals surface area contributed by atoms with E-state index in [1.165, 1.54) is 25.1 Å². The van der Waals surface area contributed by atoms with Crippen molar-refractivity contribution in [1.82, 2.24) is 4.90 Å². The summed E-state index contributed by atoms with van der Waals surface area (Å²) >= 11 is 0. The van der Waals surface area contributed by atoms with Crippen molar-refractivity contribution >= 4 is 23.1 Å². The number of hydrogen-bond donors (Lipinski definition) is 5. The molecular formula is C31H43NO8. The maximum atomic E-state index is 14.1. The topological polar surface area (TPSA) is 156 Å². The third kappa shape index (κ3) is 4.58. The van der Waals surface area contributed by atoms with Crippen molar-refractivity contribution in [3.05, 3.63) is 46.2 Å². The number of benzene rings is 1. The smallest absolute Gasteiger partial charge is 0.202 e. The van der Waals surface area contributed by atoms with Crippen molar-refractivity contribution in [2.75, 3.05) is 14.1 Å². The van der Waals surface area contributed by atoms with Crippen LogP contribution in [0.15, 0.2) is 35.1 Å². The summed E-state index contributed by atoms with van der Waals surface area (Å²) in [7, 11) is 3.07. The van der Waals surface area contributed by atoms with Gasteiger partial charge in [-0.15, -0.1) is 0 Å². The fourth-order valence-corrected chi connectivity index (χ4v) is 6.90. The van der Waals surface area contributed by atoms with Crippen molar-refractivity contribution in [1.29, 1.82) is 0 Å². The molecule has 0 spiro atoms. The monoisotopic (exact) mass is 557 g/mol. The van der Waals surface area contributed by atoms with Crippen LogP contribution in [0.2, 0.25) is 0 Å². The maximum absolute atomic E-state index is 14.1. The quantitative estimate of drug-likeness (QED) is 0.328. The Kier molecular flexibility index (Phi) is 8.75. The molecule has 6 atom stereocenters. The van der Waals surface area contributed by atoms with E-state index in [1.807, 2.05) is 34.6 Å². The number of hydrogen-bond acceptors (Lipinski definition) is 9. The summed E-state index contributed by atoms with van der Waals surface area (Å²) in [4.78, 5) is 42.7. The van der Waals surface area contributed by atoms with Gasteiger partial charge in [0.2, 0.25) is 5.78 Å². The van der Waals surface area contributed by atoms with Crippen LogP contribution in [-0.2, 0) is 14.4 Å². The van der Waals surface area contributed by atoms with Crippen LogP contribution in [0.1, 0.15) is 77.8 Å². The highest BCUT2D eigenvalue weighted by Gasteiger charge is 2.68. The van der Waals surface area contributed by atoms with E-state index in [0.717, 1.165) is 6.42 Å². The number of fused-ring (bicyclic) bond motifs is 3. The number of likely N-dealkylation sites (N-methyl/N-ethyl adjacent to an activating group) is 1. The van der Waals surface area contributed by atoms with Crippen molar-refractivity contribution in [3.63, 3.8) is 0 Å². The Morgan fingerprint density at radius 1 is 1.10 bits per heavy atom. The van der Waals surface area contributed by atoms with Gasteiger partial charge in [0, 0.05) is 17.9 Å². The highest BCUT2D eigenvalue weighted by Crippen LogP contribution is 2.56. The Hall–Kier alpha value is -3.01. The van der Waals surface area contributed by atoms with Crippen molar-refractivity contribution < 1.29 is 39.9 Å². The molecule has 0 aliphatic heterocycles. The summed E-state index contributed by atoms with van der Waals surface area (Å²) in [5.74, 6) is -7.71. The number of Topliss-reactive ketones (excluding diaryl/α,β-unsaturated/α-hetero) is 3. The number of carbonyl (C=O) groups is 3.